The molecule has 82 valence electrons. The number of nitrogens with one attached hydrogen (secondary N) is 1. The van der Waals surface area contributed by atoms with Gasteiger partial charge in [0.2, 0.25) is 0 Å². The van der Waals surface area contributed by atoms with Gasteiger partial charge >= 0.3 is 0 Å². The molecule has 4 heteroatoms. The van der Waals surface area contributed by atoms with Gasteiger partial charge in [-0.1, -0.05) is 41.9 Å². The molecule has 0 aliphatic heterocycles. The van der Waals surface area contributed by atoms with Gasteiger partial charge in [-0.2, -0.15) is 0 Å². The predicted molar refractivity (Wildman–Crippen MR) is 70.7 cm³/mol. The number of rotatable bonds is 3. The van der Waals surface area contributed by atoms with Gasteiger partial charge in [-0.05, 0) is 27.6 Å². The molecule has 0 unspecified atom stereocenters. The molecule has 0 atom stereocenters. The van der Waals surface area contributed by atoms with Crippen molar-refractivity contribution in [3.05, 3.63) is 57.7 Å². The summed E-state index contributed by atoms with van der Waals surface area (Å²) in [5.74, 6) is 0.799. The Morgan fingerprint density at radius 2 is 2.00 bits per heavy atom. The van der Waals surface area contributed by atoms with E-state index < -0.39 is 0 Å². The third kappa shape index (κ3) is 2.97. The van der Waals surface area contributed by atoms with Crippen molar-refractivity contribution >= 4 is 33.3 Å². The van der Waals surface area contributed by atoms with Crippen LogP contribution in [0.5, 0.6) is 0 Å². The lowest BCUT2D eigenvalue weighted by Gasteiger charge is -2.07. The second-order valence-electron chi connectivity index (χ2n) is 3.32. The quantitative estimate of drug-likeness (QED) is 0.922. The zero-order valence-electron chi connectivity index (χ0n) is 8.45. The van der Waals surface area contributed by atoms with E-state index in [1.807, 2.05) is 24.3 Å². The van der Waals surface area contributed by atoms with Crippen LogP contribution in [-0.4, -0.2) is 4.98 Å². The van der Waals surface area contributed by atoms with Crippen LogP contribution < -0.4 is 5.32 Å². The van der Waals surface area contributed by atoms with Crippen LogP contribution in [0.1, 0.15) is 5.56 Å². The van der Waals surface area contributed by atoms with Gasteiger partial charge in [0, 0.05) is 12.7 Å². The van der Waals surface area contributed by atoms with E-state index >= 15 is 0 Å². The number of pyridine rings is 1. The first-order chi connectivity index (χ1) is 7.75. The van der Waals surface area contributed by atoms with Gasteiger partial charge in [-0.15, -0.1) is 0 Å². The van der Waals surface area contributed by atoms with Crippen LogP contribution in [0.3, 0.4) is 0 Å². The van der Waals surface area contributed by atoms with E-state index in [-0.39, 0.29) is 0 Å². The fourth-order valence-corrected chi connectivity index (χ4v) is 2.11. The molecule has 1 heterocycles. The topological polar surface area (TPSA) is 24.9 Å². The molecule has 0 radical (unpaired) electrons. The number of nitrogens with zero attached hydrogens (tertiary/aromatic N) is 1. The maximum absolute atomic E-state index is 5.81. The van der Waals surface area contributed by atoms with Gasteiger partial charge in [-0.25, -0.2) is 4.98 Å². The van der Waals surface area contributed by atoms with Crippen molar-refractivity contribution in [2.75, 3.05) is 5.32 Å². The highest BCUT2D eigenvalue weighted by Crippen LogP contribution is 2.23. The van der Waals surface area contributed by atoms with Crippen LogP contribution in [0, 0.1) is 0 Å². The van der Waals surface area contributed by atoms with E-state index in [4.69, 9.17) is 11.6 Å². The standard InChI is InChI=1S/C12H10BrClN2/c13-11-6-10(14)8-16-12(11)15-7-9-4-2-1-3-5-9/h1-6,8H,7H2,(H,15,16). The van der Waals surface area contributed by atoms with Crippen molar-refractivity contribution in [1.82, 2.24) is 4.98 Å². The van der Waals surface area contributed by atoms with Gasteiger partial charge in [0.15, 0.2) is 0 Å². The Kier molecular flexibility index (Phi) is 3.80. The fourth-order valence-electron chi connectivity index (χ4n) is 1.33. The zero-order chi connectivity index (χ0) is 11.4. The van der Waals surface area contributed by atoms with Gasteiger partial charge < -0.3 is 5.32 Å². The lowest BCUT2D eigenvalue weighted by molar-refractivity contribution is 1.11. The van der Waals surface area contributed by atoms with Crippen molar-refractivity contribution in [1.29, 1.82) is 0 Å². The Balaban J connectivity index is 2.05. The minimum absolute atomic E-state index is 0.622. The lowest BCUT2D eigenvalue weighted by atomic mass is 10.2. The summed E-state index contributed by atoms with van der Waals surface area (Å²) in [7, 11) is 0. The Bertz CT molecular complexity index is 474. The highest BCUT2D eigenvalue weighted by molar-refractivity contribution is 9.10. The molecular weight excluding hydrogens is 288 g/mol. The van der Waals surface area contributed by atoms with Crippen LogP contribution in [0.25, 0.3) is 0 Å². The van der Waals surface area contributed by atoms with Crippen LogP contribution in [0.15, 0.2) is 47.1 Å². The Labute approximate surface area is 108 Å². The summed E-state index contributed by atoms with van der Waals surface area (Å²) in [6.07, 6.45) is 1.62. The molecule has 2 nitrogen and oxygen atoms in total. The van der Waals surface area contributed by atoms with Crippen molar-refractivity contribution in [2.24, 2.45) is 0 Å². The number of anilines is 1. The maximum Gasteiger partial charge on any atom is 0.140 e. The van der Waals surface area contributed by atoms with E-state index in [9.17, 15) is 0 Å². The average molecular weight is 298 g/mol. The molecule has 0 spiro atoms. The number of halogens is 2. The minimum Gasteiger partial charge on any atom is -0.365 e. The summed E-state index contributed by atoms with van der Waals surface area (Å²) < 4.78 is 0.871. The van der Waals surface area contributed by atoms with Gasteiger partial charge in [-0.3, -0.25) is 0 Å². The Morgan fingerprint density at radius 1 is 1.25 bits per heavy atom. The van der Waals surface area contributed by atoms with E-state index in [1.165, 1.54) is 5.56 Å². The SMILES string of the molecule is Clc1cnc(NCc2ccccc2)c(Br)c1. The molecule has 0 fully saturated rings. The molecule has 0 aliphatic rings. The van der Waals surface area contributed by atoms with Crippen LogP contribution >= 0.6 is 27.5 Å². The van der Waals surface area contributed by atoms with Gasteiger partial charge in [0.25, 0.3) is 0 Å². The molecule has 2 rings (SSSR count). The lowest BCUT2D eigenvalue weighted by Crippen LogP contribution is -2.01. The van der Waals surface area contributed by atoms with Crippen molar-refractivity contribution in [3.63, 3.8) is 0 Å². The molecule has 1 aromatic carbocycles. The minimum atomic E-state index is 0.622. The Morgan fingerprint density at radius 3 is 2.69 bits per heavy atom. The molecule has 1 N–H and O–H groups in total. The number of aromatic nitrogens is 1. The molecule has 0 saturated carbocycles. The smallest absolute Gasteiger partial charge is 0.140 e. The summed E-state index contributed by atoms with van der Waals surface area (Å²) in [4.78, 5) is 4.20. The first kappa shape index (κ1) is 11.4. The molecule has 0 bridgehead atoms. The van der Waals surface area contributed by atoms with E-state index in [2.05, 4.69) is 38.4 Å². The van der Waals surface area contributed by atoms with E-state index in [0.717, 1.165) is 16.8 Å². The number of benzene rings is 1. The molecule has 16 heavy (non-hydrogen) atoms. The van der Waals surface area contributed by atoms with E-state index in [1.54, 1.807) is 6.20 Å². The van der Waals surface area contributed by atoms with Crippen molar-refractivity contribution < 1.29 is 0 Å². The largest absolute Gasteiger partial charge is 0.365 e. The summed E-state index contributed by atoms with van der Waals surface area (Å²) in [5, 5.41) is 3.86. The van der Waals surface area contributed by atoms with Crippen molar-refractivity contribution in [3.8, 4) is 0 Å². The van der Waals surface area contributed by atoms with Crippen LogP contribution in [-0.2, 0) is 6.54 Å². The summed E-state index contributed by atoms with van der Waals surface area (Å²) in [5.41, 5.74) is 1.21. The van der Waals surface area contributed by atoms with Gasteiger partial charge in [0.05, 0.1) is 9.50 Å². The van der Waals surface area contributed by atoms with Crippen LogP contribution in [0.4, 0.5) is 5.82 Å². The summed E-state index contributed by atoms with van der Waals surface area (Å²) >= 11 is 9.23. The normalized spacial score (nSPS) is 10.1. The maximum atomic E-state index is 5.81. The Hall–Kier alpha value is -1.06. The summed E-state index contributed by atoms with van der Waals surface area (Å²) in [6, 6.07) is 12.0. The first-order valence-electron chi connectivity index (χ1n) is 4.84. The van der Waals surface area contributed by atoms with Crippen LogP contribution in [0.2, 0.25) is 5.02 Å². The molecule has 0 amide bonds. The monoisotopic (exact) mass is 296 g/mol. The van der Waals surface area contributed by atoms with Gasteiger partial charge in [0.1, 0.15) is 5.82 Å². The van der Waals surface area contributed by atoms with E-state index in [0.29, 0.717) is 5.02 Å². The fraction of sp³-hybridized carbons (Fsp3) is 0.0833. The average Bonchev–Trinajstić information content (AvgIpc) is 2.29. The molecule has 0 saturated heterocycles. The first-order valence-corrected chi connectivity index (χ1v) is 6.01. The summed E-state index contributed by atoms with van der Waals surface area (Å²) in [6.45, 7) is 0.744. The van der Waals surface area contributed by atoms with Crippen molar-refractivity contribution in [2.45, 2.75) is 6.54 Å². The highest BCUT2D eigenvalue weighted by Gasteiger charge is 2.01. The third-order valence-corrected chi connectivity index (χ3v) is 2.92. The molecule has 2 aromatic rings. The predicted octanol–water partition coefficient (Wildman–Crippen LogP) is 4.11. The second-order valence-corrected chi connectivity index (χ2v) is 4.61. The second kappa shape index (κ2) is 5.32. The molecule has 1 aromatic heterocycles. The molecule has 0 aliphatic carbocycles. The highest BCUT2D eigenvalue weighted by atomic mass is 79.9. The third-order valence-electron chi connectivity index (χ3n) is 2.11. The zero-order valence-corrected chi connectivity index (χ0v) is 10.8. The molecular formula is C12H10BrClN2. The number of hydrogen-bond acceptors (Lipinski definition) is 2. The number of hydrogen-bond donors (Lipinski definition) is 1.